The van der Waals surface area contributed by atoms with E-state index in [0.717, 1.165) is 0 Å². The Hall–Kier alpha value is -2.39. The number of aromatic hydroxyl groups is 1. The Labute approximate surface area is 121 Å². The molecule has 0 bridgehead atoms. The van der Waals surface area contributed by atoms with Crippen LogP contribution in [0.25, 0.3) is 10.8 Å². The number of benzene rings is 1. The SMILES string of the molecule is CCNS(=O)(=O)c1ccc2c(O)cnc(N=C(N)N)c2c1. The first kappa shape index (κ1) is 15.0. The van der Waals surface area contributed by atoms with Crippen molar-refractivity contribution in [2.24, 2.45) is 16.5 Å². The Balaban J connectivity index is 2.74. The second-order valence-corrected chi connectivity index (χ2v) is 5.98. The molecule has 0 unspecified atom stereocenters. The van der Waals surface area contributed by atoms with Crippen LogP contribution in [0, 0.1) is 0 Å². The van der Waals surface area contributed by atoms with Gasteiger partial charge < -0.3 is 16.6 Å². The van der Waals surface area contributed by atoms with Gasteiger partial charge in [-0.05, 0) is 18.2 Å². The van der Waals surface area contributed by atoms with Crippen LogP contribution >= 0.6 is 0 Å². The number of guanidine groups is 1. The molecule has 2 aromatic rings. The van der Waals surface area contributed by atoms with Crippen LogP contribution in [0.4, 0.5) is 5.82 Å². The number of hydrogen-bond acceptors (Lipinski definition) is 5. The lowest BCUT2D eigenvalue weighted by Crippen LogP contribution is -2.23. The van der Waals surface area contributed by atoms with Crippen LogP contribution in [0.5, 0.6) is 5.75 Å². The largest absolute Gasteiger partial charge is 0.506 e. The van der Waals surface area contributed by atoms with Crippen LogP contribution in [0.3, 0.4) is 0 Å². The van der Waals surface area contributed by atoms with Gasteiger partial charge in [0.15, 0.2) is 11.8 Å². The fourth-order valence-corrected chi connectivity index (χ4v) is 2.91. The molecule has 0 amide bonds. The summed E-state index contributed by atoms with van der Waals surface area (Å²) in [6, 6.07) is 4.23. The number of nitrogens with zero attached hydrogens (tertiary/aromatic N) is 2. The van der Waals surface area contributed by atoms with E-state index in [4.69, 9.17) is 11.5 Å². The fraction of sp³-hybridized carbons (Fsp3) is 0.167. The summed E-state index contributed by atoms with van der Waals surface area (Å²) >= 11 is 0. The van der Waals surface area contributed by atoms with Gasteiger partial charge in [-0.15, -0.1) is 0 Å². The predicted octanol–water partition coefficient (Wildman–Crippen LogP) is 0.144. The third-order valence-corrected chi connectivity index (χ3v) is 4.24. The zero-order valence-electron chi connectivity index (χ0n) is 11.2. The summed E-state index contributed by atoms with van der Waals surface area (Å²) in [5, 5.41) is 10.5. The van der Waals surface area contributed by atoms with Crippen molar-refractivity contribution in [2.45, 2.75) is 11.8 Å². The molecular weight excluding hydrogens is 294 g/mol. The lowest BCUT2D eigenvalue weighted by molar-refractivity contribution is 0.479. The van der Waals surface area contributed by atoms with E-state index in [1.165, 1.54) is 24.4 Å². The van der Waals surface area contributed by atoms with Gasteiger partial charge in [0, 0.05) is 17.3 Å². The molecule has 112 valence electrons. The Morgan fingerprint density at radius 2 is 2.10 bits per heavy atom. The maximum absolute atomic E-state index is 12.0. The highest BCUT2D eigenvalue weighted by Gasteiger charge is 2.15. The third-order valence-electron chi connectivity index (χ3n) is 2.70. The smallest absolute Gasteiger partial charge is 0.240 e. The Morgan fingerprint density at radius 3 is 2.71 bits per heavy atom. The maximum atomic E-state index is 12.0. The standard InChI is InChI=1S/C12H15N5O3S/c1-2-16-21(19,20)7-3-4-8-9(5-7)11(17-12(13)14)15-6-10(8)18/h3-6,16,18H,2H2,1H3,(H4,13,14,15,17). The van der Waals surface area contributed by atoms with Crippen molar-refractivity contribution in [3.05, 3.63) is 24.4 Å². The van der Waals surface area contributed by atoms with E-state index in [9.17, 15) is 13.5 Å². The molecule has 0 aliphatic rings. The second-order valence-electron chi connectivity index (χ2n) is 4.21. The van der Waals surface area contributed by atoms with Crippen LogP contribution in [-0.4, -0.2) is 31.0 Å². The molecule has 1 heterocycles. The number of aromatic nitrogens is 1. The van der Waals surface area contributed by atoms with Crippen molar-refractivity contribution >= 4 is 32.6 Å². The monoisotopic (exact) mass is 309 g/mol. The minimum absolute atomic E-state index is 0.0382. The van der Waals surface area contributed by atoms with Gasteiger partial charge in [0.2, 0.25) is 10.0 Å². The predicted molar refractivity (Wildman–Crippen MR) is 79.7 cm³/mol. The zero-order valence-corrected chi connectivity index (χ0v) is 12.1. The van der Waals surface area contributed by atoms with Gasteiger partial charge in [-0.1, -0.05) is 6.92 Å². The van der Waals surface area contributed by atoms with E-state index >= 15 is 0 Å². The van der Waals surface area contributed by atoms with Crippen molar-refractivity contribution in [3.8, 4) is 5.75 Å². The molecule has 6 N–H and O–H groups in total. The van der Waals surface area contributed by atoms with Crippen molar-refractivity contribution in [1.82, 2.24) is 9.71 Å². The van der Waals surface area contributed by atoms with Crippen LogP contribution in [0.1, 0.15) is 6.92 Å². The molecule has 0 saturated heterocycles. The minimum Gasteiger partial charge on any atom is -0.506 e. The number of nitrogens with two attached hydrogens (primary N) is 2. The summed E-state index contributed by atoms with van der Waals surface area (Å²) in [5.41, 5.74) is 10.6. The van der Waals surface area contributed by atoms with E-state index in [-0.39, 0.29) is 29.0 Å². The molecule has 0 aliphatic heterocycles. The molecule has 1 aromatic carbocycles. The van der Waals surface area contributed by atoms with Gasteiger partial charge in [0.25, 0.3) is 0 Å². The first-order valence-corrected chi connectivity index (χ1v) is 7.54. The molecule has 8 nitrogen and oxygen atoms in total. The van der Waals surface area contributed by atoms with Crippen molar-refractivity contribution < 1.29 is 13.5 Å². The topological polar surface area (TPSA) is 144 Å². The summed E-state index contributed by atoms with van der Waals surface area (Å²) in [6.45, 7) is 1.94. The highest BCUT2D eigenvalue weighted by atomic mass is 32.2. The Morgan fingerprint density at radius 1 is 1.38 bits per heavy atom. The molecule has 2 rings (SSSR count). The fourth-order valence-electron chi connectivity index (χ4n) is 1.84. The Bertz CT molecular complexity index is 813. The first-order chi connectivity index (χ1) is 9.85. The maximum Gasteiger partial charge on any atom is 0.240 e. The van der Waals surface area contributed by atoms with Gasteiger partial charge in [-0.2, -0.15) is 4.99 Å². The van der Waals surface area contributed by atoms with Crippen LogP contribution in [0.2, 0.25) is 0 Å². The number of rotatable bonds is 4. The van der Waals surface area contributed by atoms with Crippen LogP contribution in [0.15, 0.2) is 34.3 Å². The summed E-state index contributed by atoms with van der Waals surface area (Å²) in [5.74, 6) is -0.169. The average Bonchev–Trinajstić information content (AvgIpc) is 2.41. The molecule has 1 aromatic heterocycles. The first-order valence-electron chi connectivity index (χ1n) is 6.06. The summed E-state index contributed by atoms with van der Waals surface area (Å²) in [7, 11) is -3.63. The summed E-state index contributed by atoms with van der Waals surface area (Å²) < 4.78 is 26.4. The number of hydrogen-bond donors (Lipinski definition) is 4. The number of aliphatic imine (C=N–C) groups is 1. The van der Waals surface area contributed by atoms with E-state index in [1.54, 1.807) is 6.92 Å². The number of sulfonamides is 1. The number of pyridine rings is 1. The quantitative estimate of drug-likeness (QED) is 0.467. The second kappa shape index (κ2) is 5.54. The van der Waals surface area contributed by atoms with Crippen LogP contribution in [-0.2, 0) is 10.0 Å². The molecule has 0 spiro atoms. The van der Waals surface area contributed by atoms with Gasteiger partial charge in [-0.25, -0.2) is 18.1 Å². The van der Waals surface area contributed by atoms with Crippen molar-refractivity contribution in [1.29, 1.82) is 0 Å². The van der Waals surface area contributed by atoms with E-state index in [1.807, 2.05) is 0 Å². The molecule has 21 heavy (non-hydrogen) atoms. The Kier molecular flexibility index (Phi) is 3.96. The number of nitrogens with one attached hydrogen (secondary N) is 1. The van der Waals surface area contributed by atoms with E-state index in [2.05, 4.69) is 14.7 Å². The lowest BCUT2D eigenvalue weighted by Gasteiger charge is -2.08. The highest BCUT2D eigenvalue weighted by Crippen LogP contribution is 2.32. The van der Waals surface area contributed by atoms with E-state index < -0.39 is 10.0 Å². The van der Waals surface area contributed by atoms with Gasteiger partial charge in [-0.3, -0.25) is 0 Å². The van der Waals surface area contributed by atoms with Crippen molar-refractivity contribution in [2.75, 3.05) is 6.54 Å². The summed E-state index contributed by atoms with van der Waals surface area (Å²) in [6.07, 6.45) is 1.20. The molecule has 0 atom stereocenters. The molecule has 9 heteroatoms. The van der Waals surface area contributed by atoms with Gasteiger partial charge in [0.1, 0.15) is 5.75 Å². The van der Waals surface area contributed by atoms with Crippen molar-refractivity contribution in [3.63, 3.8) is 0 Å². The lowest BCUT2D eigenvalue weighted by atomic mass is 10.1. The van der Waals surface area contributed by atoms with Gasteiger partial charge >= 0.3 is 0 Å². The molecule has 0 aliphatic carbocycles. The number of fused-ring (bicyclic) bond motifs is 1. The van der Waals surface area contributed by atoms with E-state index in [0.29, 0.717) is 10.8 Å². The normalized spacial score (nSPS) is 11.5. The summed E-state index contributed by atoms with van der Waals surface area (Å²) in [4.78, 5) is 7.77. The molecule has 0 saturated carbocycles. The average molecular weight is 309 g/mol. The zero-order chi connectivity index (χ0) is 15.6. The third kappa shape index (κ3) is 3.03. The molecule has 0 fully saturated rings. The highest BCUT2D eigenvalue weighted by molar-refractivity contribution is 7.89. The van der Waals surface area contributed by atoms with Crippen LogP contribution < -0.4 is 16.2 Å². The molecule has 0 radical (unpaired) electrons. The van der Waals surface area contributed by atoms with Gasteiger partial charge in [0.05, 0.1) is 11.1 Å². The molecular formula is C12H15N5O3S. The minimum atomic E-state index is -3.63.